The van der Waals surface area contributed by atoms with Gasteiger partial charge in [0.15, 0.2) is 5.75 Å². The molecule has 8 nitrogen and oxygen atoms in total. The fourth-order valence-corrected chi connectivity index (χ4v) is 3.17. The van der Waals surface area contributed by atoms with Crippen LogP contribution in [0.2, 0.25) is 10.0 Å². The third-order valence-electron chi connectivity index (χ3n) is 3.91. The molecule has 0 aliphatic rings. The Labute approximate surface area is 170 Å². The molecule has 1 heterocycles. The number of benzene rings is 2. The summed E-state index contributed by atoms with van der Waals surface area (Å²) in [5.41, 5.74) is 1.35. The number of aromatic nitrogens is 2. The Morgan fingerprint density at radius 2 is 1.75 bits per heavy atom. The fraction of sp³-hybridized carbons (Fsp3) is 0.167. The van der Waals surface area contributed by atoms with Crippen LogP contribution in [-0.2, 0) is 6.61 Å². The molecule has 0 saturated carbocycles. The van der Waals surface area contributed by atoms with Gasteiger partial charge in [0, 0.05) is 12.1 Å². The number of methoxy groups -OCH3 is 2. The van der Waals surface area contributed by atoms with E-state index in [0.717, 1.165) is 0 Å². The number of ether oxygens (including phenoxy) is 3. The zero-order valence-electron chi connectivity index (χ0n) is 14.9. The van der Waals surface area contributed by atoms with E-state index in [1.54, 1.807) is 30.3 Å². The molecule has 0 saturated heterocycles. The van der Waals surface area contributed by atoms with Crippen molar-refractivity contribution < 1.29 is 19.1 Å². The predicted octanol–water partition coefficient (Wildman–Crippen LogP) is 4.89. The van der Waals surface area contributed by atoms with Crippen LogP contribution in [0.4, 0.5) is 5.69 Å². The first-order valence-electron chi connectivity index (χ1n) is 7.97. The average molecular weight is 424 g/mol. The normalized spacial score (nSPS) is 10.6. The number of nitro groups is 1. The number of hydrogen-bond donors (Lipinski definition) is 1. The van der Waals surface area contributed by atoms with Crippen LogP contribution >= 0.6 is 23.2 Å². The van der Waals surface area contributed by atoms with Crippen molar-refractivity contribution in [3.63, 3.8) is 0 Å². The summed E-state index contributed by atoms with van der Waals surface area (Å²) < 4.78 is 16.1. The number of nitrogens with zero attached hydrogens (tertiary/aromatic N) is 2. The van der Waals surface area contributed by atoms with Gasteiger partial charge in [0.1, 0.15) is 28.2 Å². The molecule has 0 spiro atoms. The second-order valence-corrected chi connectivity index (χ2v) is 6.34. The van der Waals surface area contributed by atoms with E-state index in [-0.39, 0.29) is 28.1 Å². The van der Waals surface area contributed by atoms with Crippen molar-refractivity contribution in [3.8, 4) is 28.5 Å². The van der Waals surface area contributed by atoms with E-state index < -0.39 is 4.92 Å². The van der Waals surface area contributed by atoms with Gasteiger partial charge in [-0.2, -0.15) is 5.10 Å². The zero-order valence-corrected chi connectivity index (χ0v) is 16.4. The summed E-state index contributed by atoms with van der Waals surface area (Å²) in [6, 6.07) is 9.55. The Kier molecular flexibility index (Phi) is 5.91. The Balaban J connectivity index is 1.86. The van der Waals surface area contributed by atoms with Crippen molar-refractivity contribution in [1.29, 1.82) is 0 Å². The van der Waals surface area contributed by atoms with Gasteiger partial charge in [-0.3, -0.25) is 15.2 Å². The Morgan fingerprint density at radius 3 is 2.36 bits per heavy atom. The monoisotopic (exact) mass is 423 g/mol. The van der Waals surface area contributed by atoms with Gasteiger partial charge in [-0.15, -0.1) is 0 Å². The van der Waals surface area contributed by atoms with Crippen LogP contribution in [0.1, 0.15) is 5.69 Å². The maximum absolute atomic E-state index is 11.2. The highest BCUT2D eigenvalue weighted by atomic mass is 35.5. The van der Waals surface area contributed by atoms with Crippen LogP contribution in [0.15, 0.2) is 36.4 Å². The number of H-pyrrole nitrogens is 1. The van der Waals surface area contributed by atoms with Crippen molar-refractivity contribution >= 4 is 28.9 Å². The minimum Gasteiger partial charge on any atom is -0.495 e. The highest BCUT2D eigenvalue weighted by Crippen LogP contribution is 2.46. The summed E-state index contributed by atoms with van der Waals surface area (Å²) >= 11 is 12.6. The highest BCUT2D eigenvalue weighted by Gasteiger charge is 2.20. The molecular weight excluding hydrogens is 409 g/mol. The van der Waals surface area contributed by atoms with E-state index in [0.29, 0.717) is 28.5 Å². The number of nitro benzene ring substituents is 1. The van der Waals surface area contributed by atoms with Gasteiger partial charge in [-0.1, -0.05) is 35.3 Å². The SMILES string of the molecule is COc1cc(OC)c(Cl)c(OCc2cc(-c3ccccc3[N+](=O)[O-])n[nH]2)c1Cl. The molecule has 0 aliphatic heterocycles. The van der Waals surface area contributed by atoms with E-state index in [1.807, 2.05) is 0 Å². The highest BCUT2D eigenvalue weighted by molar-refractivity contribution is 6.39. The molecule has 3 rings (SSSR count). The topological polar surface area (TPSA) is 99.5 Å². The zero-order chi connectivity index (χ0) is 20.3. The van der Waals surface area contributed by atoms with E-state index in [9.17, 15) is 10.1 Å². The van der Waals surface area contributed by atoms with Gasteiger partial charge in [0.2, 0.25) is 0 Å². The lowest BCUT2D eigenvalue weighted by Gasteiger charge is -2.14. The minimum atomic E-state index is -0.456. The third-order valence-corrected chi connectivity index (χ3v) is 4.63. The molecule has 0 radical (unpaired) electrons. The van der Waals surface area contributed by atoms with Gasteiger partial charge in [-0.05, 0) is 12.1 Å². The quantitative estimate of drug-likeness (QED) is 0.428. The lowest BCUT2D eigenvalue weighted by atomic mass is 10.1. The Bertz CT molecular complexity index is 994. The summed E-state index contributed by atoms with van der Waals surface area (Å²) in [6.45, 7) is 0.0450. The average Bonchev–Trinajstić information content (AvgIpc) is 3.17. The van der Waals surface area contributed by atoms with Crippen molar-refractivity contribution in [2.75, 3.05) is 14.2 Å². The third kappa shape index (κ3) is 3.83. The summed E-state index contributed by atoms with van der Waals surface area (Å²) in [5.74, 6) is 0.896. The number of rotatable bonds is 7. The molecule has 0 atom stereocenters. The summed E-state index contributed by atoms with van der Waals surface area (Å²) in [5, 5.41) is 18.5. The van der Waals surface area contributed by atoms with E-state index >= 15 is 0 Å². The van der Waals surface area contributed by atoms with E-state index in [2.05, 4.69) is 10.2 Å². The van der Waals surface area contributed by atoms with Gasteiger partial charge >= 0.3 is 0 Å². The Hall–Kier alpha value is -2.97. The van der Waals surface area contributed by atoms with Crippen LogP contribution in [0.3, 0.4) is 0 Å². The van der Waals surface area contributed by atoms with Crippen molar-refractivity contribution in [2.24, 2.45) is 0 Å². The predicted molar refractivity (Wildman–Crippen MR) is 105 cm³/mol. The number of para-hydroxylation sites is 1. The van der Waals surface area contributed by atoms with Crippen LogP contribution in [0, 0.1) is 10.1 Å². The molecule has 0 unspecified atom stereocenters. The first-order valence-corrected chi connectivity index (χ1v) is 8.72. The van der Waals surface area contributed by atoms with Crippen molar-refractivity contribution in [3.05, 3.63) is 62.3 Å². The minimum absolute atomic E-state index is 0.0370. The molecule has 0 fully saturated rings. The molecule has 0 aliphatic carbocycles. The van der Waals surface area contributed by atoms with E-state index in [1.165, 1.54) is 20.3 Å². The standard InChI is InChI=1S/C18H15Cl2N3O5/c1-26-14-8-15(27-2)17(20)18(16(14)19)28-9-10-7-12(22-21-10)11-5-3-4-6-13(11)23(24)25/h3-8H,9H2,1-2H3,(H,21,22). The lowest BCUT2D eigenvalue weighted by Crippen LogP contribution is -1.99. The molecule has 10 heteroatoms. The van der Waals surface area contributed by atoms with Crippen LogP contribution < -0.4 is 14.2 Å². The number of aromatic amines is 1. The maximum atomic E-state index is 11.2. The van der Waals surface area contributed by atoms with Crippen LogP contribution in [0.25, 0.3) is 11.3 Å². The molecule has 1 N–H and O–H groups in total. The summed E-state index contributed by atoms with van der Waals surface area (Å²) in [4.78, 5) is 10.7. The molecule has 28 heavy (non-hydrogen) atoms. The molecular formula is C18H15Cl2N3O5. The van der Waals surface area contributed by atoms with Crippen LogP contribution in [0.5, 0.6) is 17.2 Å². The molecule has 0 bridgehead atoms. The molecule has 0 amide bonds. The molecule has 1 aromatic heterocycles. The molecule has 2 aromatic carbocycles. The fourth-order valence-electron chi connectivity index (χ4n) is 2.56. The van der Waals surface area contributed by atoms with E-state index in [4.69, 9.17) is 37.4 Å². The molecule has 3 aromatic rings. The summed E-state index contributed by atoms with van der Waals surface area (Å²) in [6.07, 6.45) is 0. The first kappa shape index (κ1) is 19.8. The lowest BCUT2D eigenvalue weighted by molar-refractivity contribution is -0.384. The number of nitrogens with one attached hydrogen (secondary N) is 1. The first-order chi connectivity index (χ1) is 13.5. The number of halogens is 2. The maximum Gasteiger partial charge on any atom is 0.278 e. The van der Waals surface area contributed by atoms with Crippen molar-refractivity contribution in [2.45, 2.75) is 6.61 Å². The second-order valence-electron chi connectivity index (χ2n) is 5.58. The van der Waals surface area contributed by atoms with Gasteiger partial charge in [0.05, 0.1) is 36.1 Å². The van der Waals surface area contributed by atoms with Crippen LogP contribution in [-0.4, -0.2) is 29.3 Å². The second kappa shape index (κ2) is 8.37. The number of hydrogen-bond acceptors (Lipinski definition) is 6. The smallest absolute Gasteiger partial charge is 0.278 e. The summed E-state index contributed by atoms with van der Waals surface area (Å²) in [7, 11) is 2.93. The largest absolute Gasteiger partial charge is 0.495 e. The van der Waals surface area contributed by atoms with Gasteiger partial charge in [-0.25, -0.2) is 0 Å². The van der Waals surface area contributed by atoms with Crippen molar-refractivity contribution in [1.82, 2.24) is 10.2 Å². The Morgan fingerprint density at radius 1 is 1.11 bits per heavy atom. The van der Waals surface area contributed by atoms with Gasteiger partial charge in [0.25, 0.3) is 5.69 Å². The molecule has 146 valence electrons. The van der Waals surface area contributed by atoms with Gasteiger partial charge < -0.3 is 14.2 Å².